The zero-order valence-electron chi connectivity index (χ0n) is 11.7. The van der Waals surface area contributed by atoms with Crippen molar-refractivity contribution in [1.29, 1.82) is 0 Å². The van der Waals surface area contributed by atoms with Gasteiger partial charge in [-0.05, 0) is 12.5 Å². The fraction of sp³-hybridized carbons (Fsp3) is 0.833. The molecule has 0 fully saturated rings. The summed E-state index contributed by atoms with van der Waals surface area (Å²) >= 11 is 0. The molecule has 0 saturated heterocycles. The molecule has 1 aliphatic heterocycles. The molecule has 1 aliphatic rings. The van der Waals surface area contributed by atoms with Gasteiger partial charge in [0.05, 0.1) is 6.54 Å². The van der Waals surface area contributed by atoms with Crippen LogP contribution in [0.2, 0.25) is 0 Å². The first kappa shape index (κ1) is 15.2. The van der Waals surface area contributed by atoms with Gasteiger partial charge in [-0.2, -0.15) is 13.2 Å². The summed E-state index contributed by atoms with van der Waals surface area (Å²) in [6.07, 6.45) is -4.42. The molecule has 0 atom stereocenters. The van der Waals surface area contributed by atoms with Crippen LogP contribution in [0.1, 0.15) is 25.5 Å². The van der Waals surface area contributed by atoms with Gasteiger partial charge in [-0.15, -0.1) is 10.2 Å². The van der Waals surface area contributed by atoms with Crippen LogP contribution in [0, 0.1) is 5.92 Å². The van der Waals surface area contributed by atoms with Crippen molar-refractivity contribution in [3.63, 3.8) is 0 Å². The topological polar surface area (TPSA) is 46.0 Å². The van der Waals surface area contributed by atoms with E-state index in [0.717, 1.165) is 19.6 Å². The fourth-order valence-electron chi connectivity index (χ4n) is 2.24. The number of nitrogens with one attached hydrogen (secondary N) is 1. The van der Waals surface area contributed by atoms with Crippen LogP contribution in [0.25, 0.3) is 0 Å². The smallest absolute Gasteiger partial charge is 0.315 e. The van der Waals surface area contributed by atoms with E-state index < -0.39 is 12.0 Å². The van der Waals surface area contributed by atoms with E-state index in [4.69, 9.17) is 0 Å². The summed E-state index contributed by atoms with van der Waals surface area (Å²) in [6, 6.07) is 0. The van der Waals surface area contributed by atoms with Crippen molar-refractivity contribution in [2.45, 2.75) is 33.1 Å². The highest BCUT2D eigenvalue weighted by Gasteiger charge is 2.39. The second-order valence-electron chi connectivity index (χ2n) is 5.46. The minimum atomic E-state index is -4.42. The molecular weight excluding hydrogens is 271 g/mol. The van der Waals surface area contributed by atoms with E-state index in [-0.39, 0.29) is 0 Å². The Balaban J connectivity index is 1.87. The van der Waals surface area contributed by atoms with Gasteiger partial charge in [0.1, 0.15) is 5.82 Å². The van der Waals surface area contributed by atoms with Crippen LogP contribution < -0.4 is 5.32 Å². The molecule has 8 heteroatoms. The number of alkyl halides is 3. The summed E-state index contributed by atoms with van der Waals surface area (Å²) in [4.78, 5) is 2.09. The minimum absolute atomic E-state index is 0.293. The standard InChI is InChI=1S/C12H20F3N5/c1-9(2)7-16-3-4-19-5-6-20-10(8-19)17-18-11(20)12(13,14)15/h9,16H,3-8H2,1-2H3. The monoisotopic (exact) mass is 291 g/mol. The molecule has 0 spiro atoms. The second-order valence-corrected chi connectivity index (χ2v) is 5.46. The van der Waals surface area contributed by atoms with Crippen LogP contribution in [0.3, 0.4) is 0 Å². The summed E-state index contributed by atoms with van der Waals surface area (Å²) in [5.74, 6) is 0.103. The maximum absolute atomic E-state index is 12.7. The SMILES string of the molecule is CC(C)CNCCN1CCn2c(nnc2C(F)(F)F)C1. The number of fused-ring (bicyclic) bond motifs is 1. The summed E-state index contributed by atoms with van der Waals surface area (Å²) in [6.45, 7) is 8.16. The molecule has 0 amide bonds. The Labute approximate surface area is 116 Å². The number of hydrogen-bond donors (Lipinski definition) is 1. The molecule has 0 unspecified atom stereocenters. The van der Waals surface area contributed by atoms with Gasteiger partial charge in [-0.25, -0.2) is 0 Å². The van der Waals surface area contributed by atoms with Crippen molar-refractivity contribution in [3.05, 3.63) is 11.6 Å². The summed E-state index contributed by atoms with van der Waals surface area (Å²) < 4.78 is 39.2. The van der Waals surface area contributed by atoms with Gasteiger partial charge in [0.25, 0.3) is 0 Å². The van der Waals surface area contributed by atoms with Crippen molar-refractivity contribution < 1.29 is 13.2 Å². The maximum atomic E-state index is 12.7. The van der Waals surface area contributed by atoms with Gasteiger partial charge < -0.3 is 9.88 Å². The third-order valence-electron chi connectivity index (χ3n) is 3.24. The highest BCUT2D eigenvalue weighted by molar-refractivity contribution is 5.02. The van der Waals surface area contributed by atoms with E-state index in [0.29, 0.717) is 31.4 Å². The van der Waals surface area contributed by atoms with Crippen LogP contribution in [0.5, 0.6) is 0 Å². The predicted molar refractivity (Wildman–Crippen MR) is 68.0 cm³/mol. The Bertz CT molecular complexity index is 441. The highest BCUT2D eigenvalue weighted by Crippen LogP contribution is 2.29. The van der Waals surface area contributed by atoms with Gasteiger partial charge in [-0.1, -0.05) is 13.8 Å². The van der Waals surface area contributed by atoms with E-state index >= 15 is 0 Å². The molecule has 0 aliphatic carbocycles. The predicted octanol–water partition coefficient (Wildman–Crippen LogP) is 1.36. The van der Waals surface area contributed by atoms with Crippen molar-refractivity contribution in [2.75, 3.05) is 26.2 Å². The van der Waals surface area contributed by atoms with Gasteiger partial charge in [0.15, 0.2) is 0 Å². The first-order valence-electron chi connectivity index (χ1n) is 6.80. The molecule has 0 bridgehead atoms. The van der Waals surface area contributed by atoms with Crippen molar-refractivity contribution >= 4 is 0 Å². The molecule has 1 aromatic rings. The molecule has 5 nitrogen and oxygen atoms in total. The van der Waals surface area contributed by atoms with Crippen molar-refractivity contribution in [2.24, 2.45) is 5.92 Å². The van der Waals surface area contributed by atoms with Gasteiger partial charge in [0, 0.05) is 26.2 Å². The van der Waals surface area contributed by atoms with Gasteiger partial charge >= 0.3 is 6.18 Å². The van der Waals surface area contributed by atoms with Gasteiger partial charge in [-0.3, -0.25) is 4.90 Å². The lowest BCUT2D eigenvalue weighted by Gasteiger charge is -2.28. The Kier molecular flexibility index (Phi) is 4.64. The second kappa shape index (κ2) is 6.09. The van der Waals surface area contributed by atoms with Crippen LogP contribution >= 0.6 is 0 Å². The zero-order valence-corrected chi connectivity index (χ0v) is 11.7. The first-order chi connectivity index (χ1) is 9.38. The van der Waals surface area contributed by atoms with Crippen molar-refractivity contribution in [1.82, 2.24) is 25.0 Å². The fourth-order valence-corrected chi connectivity index (χ4v) is 2.24. The first-order valence-corrected chi connectivity index (χ1v) is 6.80. The molecule has 2 heterocycles. The number of aromatic nitrogens is 3. The molecule has 2 rings (SSSR count). The minimum Gasteiger partial charge on any atom is -0.315 e. The van der Waals surface area contributed by atoms with Gasteiger partial charge in [0.2, 0.25) is 5.82 Å². The van der Waals surface area contributed by atoms with Crippen LogP contribution in [0.4, 0.5) is 13.2 Å². The number of nitrogens with zero attached hydrogens (tertiary/aromatic N) is 4. The summed E-state index contributed by atoms with van der Waals surface area (Å²) in [5, 5.41) is 10.3. The third kappa shape index (κ3) is 3.69. The Hall–Kier alpha value is -1.15. The van der Waals surface area contributed by atoms with E-state index in [9.17, 15) is 13.2 Å². The van der Waals surface area contributed by atoms with E-state index in [2.05, 4.69) is 34.3 Å². The summed E-state index contributed by atoms with van der Waals surface area (Å²) in [7, 11) is 0. The van der Waals surface area contributed by atoms with Crippen LogP contribution in [-0.2, 0) is 19.3 Å². The zero-order chi connectivity index (χ0) is 14.8. The molecule has 0 saturated carbocycles. The highest BCUT2D eigenvalue weighted by atomic mass is 19.4. The van der Waals surface area contributed by atoms with E-state index in [1.54, 1.807) is 0 Å². The maximum Gasteiger partial charge on any atom is 0.451 e. The average Bonchev–Trinajstić information content (AvgIpc) is 2.77. The van der Waals surface area contributed by atoms with Crippen molar-refractivity contribution in [3.8, 4) is 0 Å². The lowest BCUT2D eigenvalue weighted by atomic mass is 10.2. The number of rotatable bonds is 5. The average molecular weight is 291 g/mol. The lowest BCUT2D eigenvalue weighted by molar-refractivity contribution is -0.148. The Morgan fingerprint density at radius 3 is 2.65 bits per heavy atom. The Morgan fingerprint density at radius 1 is 1.25 bits per heavy atom. The van der Waals surface area contributed by atoms with E-state index in [1.165, 1.54) is 4.57 Å². The molecule has 1 N–H and O–H groups in total. The summed E-state index contributed by atoms with van der Waals surface area (Å²) in [5.41, 5.74) is 0. The molecule has 20 heavy (non-hydrogen) atoms. The van der Waals surface area contributed by atoms with E-state index in [1.807, 2.05) is 0 Å². The molecule has 0 radical (unpaired) electrons. The normalized spacial score (nSPS) is 16.7. The number of halogens is 3. The molecule has 114 valence electrons. The molecule has 1 aromatic heterocycles. The Morgan fingerprint density at radius 2 is 2.00 bits per heavy atom. The largest absolute Gasteiger partial charge is 0.451 e. The molecular formula is C12H20F3N5. The van der Waals surface area contributed by atoms with Crippen LogP contribution in [0.15, 0.2) is 0 Å². The number of hydrogen-bond acceptors (Lipinski definition) is 4. The third-order valence-corrected chi connectivity index (χ3v) is 3.24. The molecule has 0 aromatic carbocycles. The van der Waals surface area contributed by atoms with Crippen LogP contribution in [-0.4, -0.2) is 45.8 Å². The lowest BCUT2D eigenvalue weighted by Crippen LogP contribution is -2.39. The quantitative estimate of drug-likeness (QED) is 0.832.